The van der Waals surface area contributed by atoms with Gasteiger partial charge in [0.2, 0.25) is 11.8 Å². The van der Waals surface area contributed by atoms with E-state index in [-0.39, 0.29) is 36.1 Å². The second kappa shape index (κ2) is 7.79. The minimum Gasteiger partial charge on any atom is -0.368 e. The molecule has 1 aromatic rings. The van der Waals surface area contributed by atoms with Crippen LogP contribution in [-0.2, 0) is 15.1 Å². The van der Waals surface area contributed by atoms with Crippen LogP contribution >= 0.6 is 0 Å². The molecule has 0 radical (unpaired) electrons. The summed E-state index contributed by atoms with van der Waals surface area (Å²) >= 11 is 0. The number of primary amides is 1. The lowest BCUT2D eigenvalue weighted by Gasteiger charge is -2.45. The average molecular weight is 387 g/mol. The number of likely N-dealkylation sites (N-methyl/N-ethyl adjacent to an activating group) is 1. The summed E-state index contributed by atoms with van der Waals surface area (Å²) in [6, 6.07) is 10.2. The first-order chi connectivity index (χ1) is 13.3. The van der Waals surface area contributed by atoms with E-state index in [9.17, 15) is 14.4 Å². The van der Waals surface area contributed by atoms with Crippen molar-refractivity contribution in [1.29, 1.82) is 0 Å². The molecule has 1 saturated carbocycles. The molecule has 2 aliphatic rings. The topological polar surface area (TPSA) is 108 Å². The number of benzene rings is 1. The lowest BCUT2D eigenvalue weighted by molar-refractivity contribution is -0.134. The van der Waals surface area contributed by atoms with Crippen LogP contribution in [0.15, 0.2) is 30.3 Å². The number of rotatable bonds is 6. The van der Waals surface area contributed by atoms with Crippen LogP contribution in [0, 0.1) is 0 Å². The van der Waals surface area contributed by atoms with Gasteiger partial charge < -0.3 is 26.2 Å². The van der Waals surface area contributed by atoms with E-state index < -0.39 is 5.91 Å². The van der Waals surface area contributed by atoms with Crippen LogP contribution in [0.25, 0.3) is 0 Å². The van der Waals surface area contributed by atoms with Crippen molar-refractivity contribution in [2.45, 2.75) is 36.8 Å². The van der Waals surface area contributed by atoms with Crippen molar-refractivity contribution in [1.82, 2.24) is 20.4 Å². The normalized spacial score (nSPS) is 26.9. The third-order valence-electron chi connectivity index (χ3n) is 6.16. The van der Waals surface area contributed by atoms with Gasteiger partial charge in [0.05, 0.1) is 12.1 Å². The van der Waals surface area contributed by atoms with Gasteiger partial charge in [-0.3, -0.25) is 9.59 Å². The minimum atomic E-state index is -0.574. The molecular weight excluding hydrogens is 358 g/mol. The Bertz CT molecular complexity index is 743. The number of urea groups is 1. The zero-order valence-corrected chi connectivity index (χ0v) is 16.5. The van der Waals surface area contributed by atoms with Crippen LogP contribution in [0.4, 0.5) is 4.79 Å². The molecule has 1 aliphatic carbocycles. The van der Waals surface area contributed by atoms with Crippen LogP contribution in [0.3, 0.4) is 0 Å². The summed E-state index contributed by atoms with van der Waals surface area (Å²) < 4.78 is 0. The Morgan fingerprint density at radius 1 is 1.21 bits per heavy atom. The van der Waals surface area contributed by atoms with Crippen molar-refractivity contribution >= 4 is 17.8 Å². The minimum absolute atomic E-state index is 0.0484. The summed E-state index contributed by atoms with van der Waals surface area (Å²) in [5.41, 5.74) is 5.99. The molecule has 2 fully saturated rings. The third kappa shape index (κ3) is 3.96. The van der Waals surface area contributed by atoms with Gasteiger partial charge in [-0.1, -0.05) is 30.3 Å². The smallest absolute Gasteiger partial charge is 0.318 e. The van der Waals surface area contributed by atoms with E-state index >= 15 is 0 Å². The average Bonchev–Trinajstić information content (AvgIpc) is 2.98. The monoisotopic (exact) mass is 387 g/mol. The maximum atomic E-state index is 12.5. The molecule has 0 bridgehead atoms. The fourth-order valence-corrected chi connectivity index (χ4v) is 4.39. The Balaban J connectivity index is 1.64. The van der Waals surface area contributed by atoms with Gasteiger partial charge in [0.25, 0.3) is 0 Å². The molecule has 1 heterocycles. The van der Waals surface area contributed by atoms with Gasteiger partial charge in [-0.05, 0) is 38.3 Å². The van der Waals surface area contributed by atoms with E-state index in [2.05, 4.69) is 22.8 Å². The highest BCUT2D eigenvalue weighted by molar-refractivity contribution is 5.88. The lowest BCUT2D eigenvalue weighted by atomic mass is 9.69. The molecule has 0 atom stereocenters. The van der Waals surface area contributed by atoms with Crippen LogP contribution in [-0.4, -0.2) is 66.9 Å². The molecule has 0 unspecified atom stereocenters. The molecule has 8 heteroatoms. The van der Waals surface area contributed by atoms with E-state index in [0.717, 1.165) is 25.7 Å². The summed E-state index contributed by atoms with van der Waals surface area (Å²) in [5.74, 6) is -0.870. The molecule has 28 heavy (non-hydrogen) atoms. The molecular formula is C20H29N5O3. The summed E-state index contributed by atoms with van der Waals surface area (Å²) in [5, 5.41) is 6.61. The van der Waals surface area contributed by atoms with Gasteiger partial charge in [-0.25, -0.2) is 4.79 Å². The van der Waals surface area contributed by atoms with Gasteiger partial charge in [0.15, 0.2) is 0 Å². The van der Waals surface area contributed by atoms with E-state index in [0.29, 0.717) is 6.54 Å². The first-order valence-corrected chi connectivity index (χ1v) is 9.63. The number of carbonyl (C=O) groups excluding carboxylic acids is 3. The highest BCUT2D eigenvalue weighted by atomic mass is 16.2. The summed E-state index contributed by atoms with van der Waals surface area (Å²) in [7, 11) is 3.50. The number of hydrogen-bond acceptors (Lipinski definition) is 4. The zero-order chi connectivity index (χ0) is 20.4. The largest absolute Gasteiger partial charge is 0.368 e. The standard InChI is InChI=1S/C20H29N5O3/c1-22-20(15-6-4-3-5-7-15)10-8-19(9-11-20)14-25(18(28)23-19)13-17(27)24(2)12-16(21)26/h3-7,22H,8-14H2,1-2H3,(H2,21,26)(H,23,28)/t19-,20+. The number of hydrogen-bond donors (Lipinski definition) is 3. The Labute approximate surface area is 165 Å². The molecule has 3 rings (SSSR count). The van der Waals surface area contributed by atoms with E-state index in [1.165, 1.54) is 22.4 Å². The van der Waals surface area contributed by atoms with Gasteiger partial charge in [0, 0.05) is 19.1 Å². The van der Waals surface area contributed by atoms with Crippen molar-refractivity contribution in [3.05, 3.63) is 35.9 Å². The number of carbonyl (C=O) groups is 3. The van der Waals surface area contributed by atoms with Crippen molar-refractivity contribution in [2.75, 3.05) is 33.7 Å². The summed E-state index contributed by atoms with van der Waals surface area (Å²) in [6.45, 7) is 0.297. The Hall–Kier alpha value is -2.61. The predicted octanol–water partition coefficient (Wildman–Crippen LogP) is 0.383. The second-order valence-corrected chi connectivity index (χ2v) is 7.98. The van der Waals surface area contributed by atoms with Gasteiger partial charge in [-0.15, -0.1) is 0 Å². The molecule has 1 aliphatic heterocycles. The van der Waals surface area contributed by atoms with E-state index in [4.69, 9.17) is 5.73 Å². The third-order valence-corrected chi connectivity index (χ3v) is 6.16. The van der Waals surface area contributed by atoms with Gasteiger partial charge in [0.1, 0.15) is 6.54 Å². The maximum Gasteiger partial charge on any atom is 0.318 e. The number of nitrogens with two attached hydrogens (primary N) is 1. The number of amides is 4. The molecule has 8 nitrogen and oxygen atoms in total. The molecule has 1 spiro atoms. The van der Waals surface area contributed by atoms with Crippen LogP contribution < -0.4 is 16.4 Å². The molecule has 152 valence electrons. The van der Waals surface area contributed by atoms with Crippen molar-refractivity contribution in [2.24, 2.45) is 5.73 Å². The van der Waals surface area contributed by atoms with Crippen LogP contribution in [0.1, 0.15) is 31.2 Å². The Morgan fingerprint density at radius 2 is 1.86 bits per heavy atom. The molecule has 4 amide bonds. The van der Waals surface area contributed by atoms with Crippen LogP contribution in [0.5, 0.6) is 0 Å². The highest BCUT2D eigenvalue weighted by Crippen LogP contribution is 2.42. The molecule has 4 N–H and O–H groups in total. The molecule has 1 saturated heterocycles. The fraction of sp³-hybridized carbons (Fsp3) is 0.550. The van der Waals surface area contributed by atoms with Crippen molar-refractivity contribution < 1.29 is 14.4 Å². The highest BCUT2D eigenvalue weighted by Gasteiger charge is 2.49. The number of nitrogens with zero attached hydrogens (tertiary/aromatic N) is 2. The molecule has 1 aromatic carbocycles. The van der Waals surface area contributed by atoms with Gasteiger partial charge in [-0.2, -0.15) is 0 Å². The zero-order valence-electron chi connectivity index (χ0n) is 16.5. The Kier molecular flexibility index (Phi) is 5.60. The van der Waals surface area contributed by atoms with Crippen molar-refractivity contribution in [3.63, 3.8) is 0 Å². The van der Waals surface area contributed by atoms with Crippen molar-refractivity contribution in [3.8, 4) is 0 Å². The summed E-state index contributed by atoms with van der Waals surface area (Å²) in [6.07, 6.45) is 3.46. The van der Waals surface area contributed by atoms with E-state index in [1.54, 1.807) is 0 Å². The first kappa shape index (κ1) is 20.1. The quantitative estimate of drug-likeness (QED) is 0.656. The Morgan fingerprint density at radius 3 is 2.43 bits per heavy atom. The van der Waals surface area contributed by atoms with Gasteiger partial charge >= 0.3 is 6.03 Å². The maximum absolute atomic E-state index is 12.5. The lowest BCUT2D eigenvalue weighted by Crippen LogP contribution is -2.53. The first-order valence-electron chi connectivity index (χ1n) is 9.63. The molecule has 0 aromatic heterocycles. The predicted molar refractivity (Wildman–Crippen MR) is 105 cm³/mol. The SMILES string of the molecule is CN[C@]1(c2ccccc2)CC[C@]2(CC1)CN(CC(=O)N(C)CC(N)=O)C(=O)N2. The van der Waals surface area contributed by atoms with E-state index in [1.807, 2.05) is 25.2 Å². The fourth-order valence-electron chi connectivity index (χ4n) is 4.39. The van der Waals surface area contributed by atoms with Crippen LogP contribution in [0.2, 0.25) is 0 Å². The summed E-state index contributed by atoms with van der Waals surface area (Å²) in [4.78, 5) is 38.5. The second-order valence-electron chi connectivity index (χ2n) is 7.98. The number of nitrogens with one attached hydrogen (secondary N) is 2.